The number of nitrogens with two attached hydrogens (primary N) is 1. The van der Waals surface area contributed by atoms with Crippen LogP contribution in [0.15, 0.2) is 48.8 Å². The molecule has 2 unspecified atom stereocenters. The van der Waals surface area contributed by atoms with Gasteiger partial charge in [-0.05, 0) is 30.4 Å². The van der Waals surface area contributed by atoms with E-state index in [1.54, 1.807) is 12.4 Å². The molecule has 140 valence electrons. The number of hydrogen-bond donors (Lipinski definition) is 1. The average molecular weight is 363 g/mol. The number of piperidine rings is 1. The highest BCUT2D eigenvalue weighted by molar-refractivity contribution is 5.97. The van der Waals surface area contributed by atoms with Crippen LogP contribution in [0, 0.1) is 5.92 Å². The summed E-state index contributed by atoms with van der Waals surface area (Å²) in [4.78, 5) is 19.5. The van der Waals surface area contributed by atoms with Crippen molar-refractivity contribution in [2.24, 2.45) is 11.7 Å². The highest BCUT2D eigenvalue weighted by Gasteiger charge is 2.29. The van der Waals surface area contributed by atoms with Crippen molar-refractivity contribution < 1.29 is 4.79 Å². The minimum Gasteiger partial charge on any atom is -0.334 e. The summed E-state index contributed by atoms with van der Waals surface area (Å²) in [7, 11) is 0. The van der Waals surface area contributed by atoms with Gasteiger partial charge in [0.05, 0.1) is 18.3 Å². The minimum absolute atomic E-state index is 0.0163. The topological polar surface area (TPSA) is 77.0 Å². The highest BCUT2D eigenvalue weighted by Crippen LogP contribution is 2.24. The van der Waals surface area contributed by atoms with Gasteiger partial charge in [-0.1, -0.05) is 37.3 Å². The Bertz CT molecular complexity index is 936. The molecule has 1 aromatic carbocycles. The summed E-state index contributed by atoms with van der Waals surface area (Å²) in [5, 5.41) is 5.33. The van der Waals surface area contributed by atoms with Crippen molar-refractivity contribution in [2.75, 3.05) is 13.1 Å². The molecule has 6 heteroatoms. The lowest BCUT2D eigenvalue weighted by Gasteiger charge is -2.38. The molecule has 0 radical (unpaired) electrons. The molecule has 0 aliphatic carbocycles. The number of pyridine rings is 1. The maximum atomic E-state index is 13.0. The molecule has 3 aromatic rings. The van der Waals surface area contributed by atoms with Crippen LogP contribution in [0.5, 0.6) is 0 Å². The second kappa shape index (κ2) is 7.48. The van der Waals surface area contributed by atoms with E-state index < -0.39 is 0 Å². The first kappa shape index (κ1) is 17.7. The second-order valence-corrected chi connectivity index (χ2v) is 7.44. The van der Waals surface area contributed by atoms with Gasteiger partial charge < -0.3 is 10.6 Å². The van der Waals surface area contributed by atoms with Crippen molar-refractivity contribution in [3.8, 4) is 0 Å². The summed E-state index contributed by atoms with van der Waals surface area (Å²) in [6, 6.07) is 12.2. The molecule has 1 aliphatic heterocycles. The number of aromatic nitrogens is 3. The van der Waals surface area contributed by atoms with Gasteiger partial charge in [-0.25, -0.2) is 9.67 Å². The fraction of sp³-hybridized carbons (Fsp3) is 0.381. The molecule has 0 bridgehead atoms. The monoisotopic (exact) mass is 363 g/mol. The van der Waals surface area contributed by atoms with Gasteiger partial charge in [0.2, 0.25) is 0 Å². The number of benzene rings is 1. The van der Waals surface area contributed by atoms with Gasteiger partial charge >= 0.3 is 0 Å². The molecule has 1 fully saturated rings. The maximum Gasteiger partial charge on any atom is 0.255 e. The van der Waals surface area contributed by atoms with E-state index in [2.05, 4.69) is 29.1 Å². The van der Waals surface area contributed by atoms with Crippen LogP contribution in [-0.2, 0) is 6.54 Å². The number of amides is 1. The predicted molar refractivity (Wildman–Crippen MR) is 105 cm³/mol. The smallest absolute Gasteiger partial charge is 0.255 e. The van der Waals surface area contributed by atoms with Crippen molar-refractivity contribution in [3.05, 3.63) is 59.9 Å². The molecular formula is C21H25N5O. The van der Waals surface area contributed by atoms with Gasteiger partial charge in [-0.3, -0.25) is 4.79 Å². The SMILES string of the molecule is CC1CCN(C(=O)c2cnc3c(cnn3Cc3ccccc3)c2)C(CN)C1. The maximum absolute atomic E-state index is 13.0. The number of fused-ring (bicyclic) bond motifs is 1. The number of likely N-dealkylation sites (tertiary alicyclic amines) is 1. The summed E-state index contributed by atoms with van der Waals surface area (Å²) in [6.45, 7) is 4.14. The molecule has 4 rings (SSSR count). The third kappa shape index (κ3) is 3.57. The Kier molecular flexibility index (Phi) is 4.90. The van der Waals surface area contributed by atoms with Gasteiger partial charge in [0, 0.05) is 30.7 Å². The molecule has 2 atom stereocenters. The first-order valence-electron chi connectivity index (χ1n) is 9.52. The molecule has 27 heavy (non-hydrogen) atoms. The Morgan fingerprint density at radius 1 is 1.26 bits per heavy atom. The molecule has 1 aliphatic rings. The normalized spacial score (nSPS) is 20.1. The lowest BCUT2D eigenvalue weighted by Crippen LogP contribution is -2.49. The second-order valence-electron chi connectivity index (χ2n) is 7.44. The number of rotatable bonds is 4. The Labute approximate surface area is 159 Å². The van der Waals surface area contributed by atoms with Crippen LogP contribution < -0.4 is 5.73 Å². The van der Waals surface area contributed by atoms with Crippen molar-refractivity contribution in [3.63, 3.8) is 0 Å². The molecule has 2 aromatic heterocycles. The van der Waals surface area contributed by atoms with E-state index in [9.17, 15) is 4.79 Å². The summed E-state index contributed by atoms with van der Waals surface area (Å²) >= 11 is 0. The van der Waals surface area contributed by atoms with Crippen LogP contribution in [0.1, 0.15) is 35.7 Å². The summed E-state index contributed by atoms with van der Waals surface area (Å²) in [5.74, 6) is 0.627. The van der Waals surface area contributed by atoms with E-state index in [-0.39, 0.29) is 11.9 Å². The Hall–Kier alpha value is -2.73. The third-order valence-electron chi connectivity index (χ3n) is 5.41. The Morgan fingerprint density at radius 2 is 2.07 bits per heavy atom. The standard InChI is InChI=1S/C21H25N5O/c1-15-7-8-25(19(9-15)11-22)21(27)18-10-17-13-24-26(20(17)23-12-18)14-16-5-3-2-4-6-16/h2-6,10,12-13,15,19H,7-9,11,14,22H2,1H3. The van der Waals surface area contributed by atoms with E-state index in [1.807, 2.05) is 33.8 Å². The molecule has 3 heterocycles. The van der Waals surface area contributed by atoms with E-state index in [0.717, 1.165) is 36.0 Å². The van der Waals surface area contributed by atoms with Crippen molar-refractivity contribution in [1.82, 2.24) is 19.7 Å². The van der Waals surface area contributed by atoms with Crippen LogP contribution in [-0.4, -0.2) is 44.7 Å². The van der Waals surface area contributed by atoms with Crippen molar-refractivity contribution >= 4 is 16.9 Å². The van der Waals surface area contributed by atoms with Crippen LogP contribution in [0.4, 0.5) is 0 Å². The lowest BCUT2D eigenvalue weighted by molar-refractivity contribution is 0.0573. The van der Waals surface area contributed by atoms with Gasteiger partial charge in [0.1, 0.15) is 0 Å². The highest BCUT2D eigenvalue weighted by atomic mass is 16.2. The Balaban J connectivity index is 1.58. The van der Waals surface area contributed by atoms with E-state index in [4.69, 9.17) is 5.73 Å². The largest absolute Gasteiger partial charge is 0.334 e. The molecule has 1 amide bonds. The van der Waals surface area contributed by atoms with Crippen LogP contribution in [0.25, 0.3) is 11.0 Å². The van der Waals surface area contributed by atoms with Crippen LogP contribution in [0.3, 0.4) is 0 Å². The number of carbonyl (C=O) groups is 1. The number of carbonyl (C=O) groups excluding carboxylic acids is 1. The molecular weight excluding hydrogens is 338 g/mol. The van der Waals surface area contributed by atoms with E-state index in [0.29, 0.717) is 24.6 Å². The van der Waals surface area contributed by atoms with E-state index in [1.165, 1.54) is 0 Å². The van der Waals surface area contributed by atoms with Gasteiger partial charge in [0.15, 0.2) is 5.65 Å². The zero-order valence-electron chi connectivity index (χ0n) is 15.6. The molecule has 1 saturated heterocycles. The lowest BCUT2D eigenvalue weighted by atomic mass is 9.92. The fourth-order valence-electron chi connectivity index (χ4n) is 3.87. The van der Waals surface area contributed by atoms with Crippen molar-refractivity contribution in [2.45, 2.75) is 32.4 Å². The van der Waals surface area contributed by atoms with Crippen LogP contribution in [0.2, 0.25) is 0 Å². The quantitative estimate of drug-likeness (QED) is 0.773. The van der Waals surface area contributed by atoms with E-state index >= 15 is 0 Å². The zero-order valence-corrected chi connectivity index (χ0v) is 15.6. The van der Waals surface area contributed by atoms with Gasteiger partial charge in [0.25, 0.3) is 5.91 Å². The fourth-order valence-corrected chi connectivity index (χ4v) is 3.87. The molecule has 0 spiro atoms. The van der Waals surface area contributed by atoms with Crippen molar-refractivity contribution in [1.29, 1.82) is 0 Å². The van der Waals surface area contributed by atoms with Gasteiger partial charge in [-0.15, -0.1) is 0 Å². The van der Waals surface area contributed by atoms with Gasteiger partial charge in [-0.2, -0.15) is 5.10 Å². The third-order valence-corrected chi connectivity index (χ3v) is 5.41. The predicted octanol–water partition coefficient (Wildman–Crippen LogP) is 2.68. The molecule has 6 nitrogen and oxygen atoms in total. The Morgan fingerprint density at radius 3 is 2.85 bits per heavy atom. The zero-order chi connectivity index (χ0) is 18.8. The molecule has 0 saturated carbocycles. The first-order chi connectivity index (χ1) is 13.2. The van der Waals surface area contributed by atoms with Crippen LogP contribution >= 0.6 is 0 Å². The molecule has 2 N–H and O–H groups in total. The first-order valence-corrected chi connectivity index (χ1v) is 9.52. The number of hydrogen-bond acceptors (Lipinski definition) is 4. The summed E-state index contributed by atoms with van der Waals surface area (Å²) < 4.78 is 1.87. The average Bonchev–Trinajstić information content (AvgIpc) is 3.10. The summed E-state index contributed by atoms with van der Waals surface area (Å²) in [6.07, 6.45) is 5.43. The summed E-state index contributed by atoms with van der Waals surface area (Å²) in [5.41, 5.74) is 8.48. The minimum atomic E-state index is 0.0163. The number of nitrogens with zero attached hydrogens (tertiary/aromatic N) is 4.